The average Bonchev–Trinajstić information content (AvgIpc) is 1.55. The Labute approximate surface area is 613 Å². The molecule has 0 atom stereocenters. The lowest BCUT2D eigenvalue weighted by Gasteiger charge is -2.45. The van der Waals surface area contributed by atoms with E-state index in [1.807, 2.05) is 22.7 Å². The predicted octanol–water partition coefficient (Wildman–Crippen LogP) is 19.4. The Hall–Kier alpha value is -11.0. The maximum atomic E-state index is 8.32. The Morgan fingerprint density at radius 2 is 0.641 bits per heavy atom. The molecule has 6 nitrogen and oxygen atoms in total. The van der Waals surface area contributed by atoms with Gasteiger partial charge in [-0.3, -0.25) is 0 Å². The van der Waals surface area contributed by atoms with Gasteiger partial charge in [0.15, 0.2) is 5.75 Å². The first-order chi connectivity index (χ1) is 50.1. The minimum Gasteiger partial charge on any atom is -0.458 e. The van der Waals surface area contributed by atoms with Crippen LogP contribution in [0.5, 0.6) is 23.0 Å². The number of benzene rings is 12. The van der Waals surface area contributed by atoms with Crippen LogP contribution in [0, 0.1) is 83.1 Å². The second-order valence-electron chi connectivity index (χ2n) is 29.7. The molecule has 8 heterocycles. The summed E-state index contributed by atoms with van der Waals surface area (Å²) in [4.78, 5) is 10.6. The number of fused-ring (bicyclic) bond motifs is 14. The van der Waals surface area contributed by atoms with E-state index in [0.717, 1.165) is 73.7 Å². The molecule has 0 bridgehead atoms. The zero-order valence-electron chi connectivity index (χ0n) is 60.0. The van der Waals surface area contributed by atoms with Crippen molar-refractivity contribution in [2.75, 3.05) is 19.6 Å². The van der Waals surface area contributed by atoms with E-state index in [4.69, 9.17) is 9.47 Å². The predicted molar refractivity (Wildman–Crippen MR) is 441 cm³/mol. The molecule has 0 N–H and O–H groups in total. The summed E-state index contributed by atoms with van der Waals surface area (Å²) < 4.78 is 20.7. The van der Waals surface area contributed by atoms with Gasteiger partial charge in [-0.15, -0.1) is 0 Å². The van der Waals surface area contributed by atoms with Crippen molar-refractivity contribution in [3.8, 4) is 56.4 Å². The smallest absolute Gasteiger partial charge is 0.281 e. The van der Waals surface area contributed by atoms with Crippen molar-refractivity contribution in [2.45, 2.75) is 83.1 Å². The van der Waals surface area contributed by atoms with Crippen molar-refractivity contribution < 1.29 is 9.47 Å². The highest BCUT2D eigenvalue weighted by Gasteiger charge is 2.56. The highest BCUT2D eigenvalue weighted by molar-refractivity contribution is 7.44. The van der Waals surface area contributed by atoms with Crippen LogP contribution >= 0.6 is 22.7 Å². The van der Waals surface area contributed by atoms with Crippen LogP contribution in [0.15, 0.2) is 224 Å². The van der Waals surface area contributed by atoms with Crippen molar-refractivity contribution in [1.82, 2.24) is 0 Å². The molecule has 6 aliphatic heterocycles. The van der Waals surface area contributed by atoms with Gasteiger partial charge in [-0.2, -0.15) is 22.7 Å². The molecule has 6 aliphatic rings. The van der Waals surface area contributed by atoms with E-state index >= 15 is 0 Å². The molecular formula is C92H73B3N4O2S2. The van der Waals surface area contributed by atoms with Gasteiger partial charge < -0.3 is 29.1 Å². The molecule has 11 heteroatoms. The standard InChI is InChI=1S/C92H73B3N4O2S2/c1-50-40-58(9)83(59(10)41-50)98-73-47-64(79-56(7)30-25-31-57(79)8)49-76-82(73)95(92-88(101-76)87-91(103-92)94-68-37-20-22-39-74(68)100-75-48-63(78-54(5)28-24-29-55(78)6)46-72(81(75)94)99(87)84-60(11)42-51(2)43-61(84)12)90-86(98)85-89(102-90)93-67-36-19-21-38-69(67)96(65-32-15-13-16-33-65)70-44-62(77-52(3)26-23-27-53(77)4)45-71(80(70)93)97(85)66-34-17-14-18-35-66/h13-49H,1-12H3. The molecule has 0 fully saturated rings. The molecule has 103 heavy (non-hydrogen) atoms. The average molecular weight is 1360 g/mol. The van der Waals surface area contributed by atoms with Gasteiger partial charge in [-0.1, -0.05) is 163 Å². The lowest BCUT2D eigenvalue weighted by Crippen LogP contribution is -2.60. The number of anilines is 12. The number of hydrogen-bond donors (Lipinski definition) is 0. The van der Waals surface area contributed by atoms with Gasteiger partial charge in [0, 0.05) is 58.9 Å². The van der Waals surface area contributed by atoms with Crippen molar-refractivity contribution in [3.05, 3.63) is 291 Å². The number of ether oxygens (including phenoxy) is 2. The first kappa shape index (κ1) is 61.9. The molecule has 12 aromatic carbocycles. The molecule has 0 aliphatic carbocycles. The molecule has 0 saturated heterocycles. The fourth-order valence-corrected chi connectivity index (χ4v) is 22.3. The second-order valence-corrected chi connectivity index (χ2v) is 31.9. The largest absolute Gasteiger partial charge is 0.458 e. The van der Waals surface area contributed by atoms with E-state index in [9.17, 15) is 0 Å². The first-order valence-electron chi connectivity index (χ1n) is 36.1. The quantitative estimate of drug-likeness (QED) is 0.148. The van der Waals surface area contributed by atoms with Crippen molar-refractivity contribution in [3.63, 3.8) is 0 Å². The van der Waals surface area contributed by atoms with Crippen LogP contribution in [0.1, 0.15) is 66.8 Å². The summed E-state index contributed by atoms with van der Waals surface area (Å²) in [5, 5.41) is 0. The molecule has 494 valence electrons. The fourth-order valence-electron chi connectivity index (χ4n) is 19.2. The maximum absolute atomic E-state index is 8.32. The molecule has 0 radical (unpaired) electrons. The third-order valence-corrected chi connectivity index (χ3v) is 25.5. The van der Waals surface area contributed by atoms with Gasteiger partial charge in [-0.25, -0.2) is 0 Å². The Morgan fingerprint density at radius 3 is 1.17 bits per heavy atom. The third-order valence-electron chi connectivity index (χ3n) is 22.9. The molecular weight excluding hydrogens is 1290 g/mol. The van der Waals surface area contributed by atoms with Crippen LogP contribution in [0.3, 0.4) is 0 Å². The minimum absolute atomic E-state index is 0.162. The Balaban J connectivity index is 0.954. The maximum Gasteiger partial charge on any atom is 0.281 e. The van der Waals surface area contributed by atoms with E-state index in [1.165, 1.54) is 164 Å². The van der Waals surface area contributed by atoms with Crippen LogP contribution < -0.4 is 75.5 Å². The van der Waals surface area contributed by atoms with Gasteiger partial charge in [0.05, 0.1) is 28.4 Å². The number of thiophene rings is 2. The highest BCUT2D eigenvalue weighted by atomic mass is 32.1. The van der Waals surface area contributed by atoms with Gasteiger partial charge in [0.25, 0.3) is 20.1 Å². The zero-order valence-corrected chi connectivity index (χ0v) is 61.6. The van der Waals surface area contributed by atoms with E-state index in [-0.39, 0.29) is 20.1 Å². The molecule has 0 saturated carbocycles. The third kappa shape index (κ3) is 8.88. The monoisotopic (exact) mass is 1360 g/mol. The minimum atomic E-state index is -0.278. The molecule has 20 rings (SSSR count). The van der Waals surface area contributed by atoms with Gasteiger partial charge >= 0.3 is 0 Å². The summed E-state index contributed by atoms with van der Waals surface area (Å²) in [6.45, 7) is 26.7. The number of aryl methyl sites for hydroxylation is 12. The Kier molecular flexibility index (Phi) is 13.7. The topological polar surface area (TPSA) is 31.4 Å². The Bertz CT molecular complexity index is 5950. The summed E-state index contributed by atoms with van der Waals surface area (Å²) in [5.74, 6) is 3.56. The van der Waals surface area contributed by atoms with E-state index in [1.54, 1.807) is 0 Å². The van der Waals surface area contributed by atoms with Crippen molar-refractivity contribution in [1.29, 1.82) is 0 Å². The highest BCUT2D eigenvalue weighted by Crippen LogP contribution is 2.58. The van der Waals surface area contributed by atoms with Crippen LogP contribution in [-0.2, 0) is 0 Å². The number of rotatable bonds is 7. The molecule has 0 spiro atoms. The normalized spacial score (nSPS) is 13.7. The molecule has 0 unspecified atom stereocenters. The number of nitrogens with zero attached hydrogens (tertiary/aromatic N) is 4. The van der Waals surface area contributed by atoms with Crippen molar-refractivity contribution >= 4 is 157 Å². The van der Waals surface area contributed by atoms with Crippen LogP contribution in [-0.4, -0.2) is 20.1 Å². The second kappa shape index (κ2) is 22.8. The number of para-hydroxylation sites is 4. The summed E-state index contributed by atoms with van der Waals surface area (Å²) in [7, 11) is 0. The van der Waals surface area contributed by atoms with Crippen LogP contribution in [0.2, 0.25) is 0 Å². The van der Waals surface area contributed by atoms with Gasteiger partial charge in [-0.05, 0) is 272 Å². The van der Waals surface area contributed by atoms with Gasteiger partial charge in [0.1, 0.15) is 17.2 Å². The molecule has 14 aromatic rings. The van der Waals surface area contributed by atoms with E-state index in [0.29, 0.717) is 0 Å². The summed E-state index contributed by atoms with van der Waals surface area (Å²) in [6.07, 6.45) is 0. The van der Waals surface area contributed by atoms with E-state index < -0.39 is 0 Å². The summed E-state index contributed by atoms with van der Waals surface area (Å²) in [6, 6.07) is 85.0. The van der Waals surface area contributed by atoms with Crippen molar-refractivity contribution in [2.24, 2.45) is 0 Å². The summed E-state index contributed by atoms with van der Waals surface area (Å²) in [5.41, 5.74) is 41.8. The zero-order chi connectivity index (χ0) is 69.9. The fraction of sp³-hybridized carbons (Fsp3) is 0.130. The molecule has 2 aromatic heterocycles. The summed E-state index contributed by atoms with van der Waals surface area (Å²) >= 11 is 3.98. The molecule has 0 amide bonds. The van der Waals surface area contributed by atoms with E-state index in [2.05, 4.69) is 327 Å². The lowest BCUT2D eigenvalue weighted by molar-refractivity contribution is 0.486. The van der Waals surface area contributed by atoms with Crippen LogP contribution in [0.25, 0.3) is 33.4 Å². The first-order valence-corrected chi connectivity index (χ1v) is 37.8. The Morgan fingerprint density at radius 1 is 0.262 bits per heavy atom. The number of hydrogen-bond acceptors (Lipinski definition) is 8. The van der Waals surface area contributed by atoms with Crippen LogP contribution in [0.4, 0.5) is 68.2 Å². The van der Waals surface area contributed by atoms with Gasteiger partial charge in [0.2, 0.25) is 0 Å². The lowest BCUT2D eigenvalue weighted by atomic mass is 9.35. The SMILES string of the molecule is Cc1cc(C)c(N2c3cc(-c4c(C)cccc4C)cc4c3B(c3ccccc3O4)c3sc4c(c32)Oc2cc(-c3c(C)cccc3C)cc3c2B4c2sc4c(c2N3c2c(C)cc(C)cc2C)N(c2ccccc2)c2cc(-c3c(C)cccc3C)cc3c2B4c2ccccc2N3c2ccccc2)c(C)c1.